The number of unbranched alkanes of at least 4 members (excludes halogenated alkanes) is 3. The molecule has 22 heavy (non-hydrogen) atoms. The molecule has 2 rings (SSSR count). The Morgan fingerprint density at radius 1 is 1.18 bits per heavy atom. The largest absolute Gasteiger partial charge is 0.391 e. The fraction of sp³-hybridized carbons (Fsp3) is 0.647. The van der Waals surface area contributed by atoms with E-state index in [0.717, 1.165) is 37.7 Å². The number of hydrogen-bond donors (Lipinski definition) is 1. The van der Waals surface area contributed by atoms with Crippen LogP contribution >= 0.6 is 0 Å². The van der Waals surface area contributed by atoms with Crippen LogP contribution < -0.4 is 0 Å². The Hall–Kier alpha value is -0.910. The van der Waals surface area contributed by atoms with Crippen LogP contribution in [0.1, 0.15) is 51.0 Å². The molecular formula is C17H27NO3S. The third-order valence-corrected chi connectivity index (χ3v) is 6.38. The van der Waals surface area contributed by atoms with Crippen molar-refractivity contribution in [2.75, 3.05) is 6.54 Å². The normalized spacial score (nSPS) is 23.0. The molecule has 1 fully saturated rings. The van der Waals surface area contributed by atoms with Gasteiger partial charge in [-0.05, 0) is 31.9 Å². The summed E-state index contributed by atoms with van der Waals surface area (Å²) in [5.74, 6) is 0. The number of aryl methyl sites for hydroxylation is 1. The summed E-state index contributed by atoms with van der Waals surface area (Å²) in [6.45, 7) is 4.50. The standard InChI is InChI=1S/C17H27NO3S/c1-3-4-5-6-7-16-17(19)12-13-18(16)22(20,21)15-10-8-14(2)9-11-15/h8-11,16-17,19H,3-7,12-13H2,1-2H3/t16-,17+/m1/s1. The predicted molar refractivity (Wildman–Crippen MR) is 88.2 cm³/mol. The lowest BCUT2D eigenvalue weighted by molar-refractivity contribution is 0.135. The number of hydrogen-bond acceptors (Lipinski definition) is 3. The summed E-state index contributed by atoms with van der Waals surface area (Å²) < 4.78 is 27.1. The highest BCUT2D eigenvalue weighted by molar-refractivity contribution is 7.89. The maximum atomic E-state index is 12.8. The molecule has 0 spiro atoms. The smallest absolute Gasteiger partial charge is 0.243 e. The lowest BCUT2D eigenvalue weighted by atomic mass is 10.0. The van der Waals surface area contributed by atoms with Crippen molar-refractivity contribution < 1.29 is 13.5 Å². The summed E-state index contributed by atoms with van der Waals surface area (Å²) in [6, 6.07) is 6.67. The number of rotatable bonds is 7. The van der Waals surface area contributed by atoms with Crippen LogP contribution in [0.15, 0.2) is 29.2 Å². The van der Waals surface area contributed by atoms with Gasteiger partial charge in [-0.25, -0.2) is 8.42 Å². The fourth-order valence-electron chi connectivity index (χ4n) is 3.07. The van der Waals surface area contributed by atoms with Crippen molar-refractivity contribution in [3.63, 3.8) is 0 Å². The number of aliphatic hydroxyl groups is 1. The van der Waals surface area contributed by atoms with E-state index in [0.29, 0.717) is 17.9 Å². The van der Waals surface area contributed by atoms with Gasteiger partial charge in [-0.3, -0.25) is 0 Å². The lowest BCUT2D eigenvalue weighted by Crippen LogP contribution is -2.39. The second-order valence-corrected chi connectivity index (χ2v) is 8.09. The van der Waals surface area contributed by atoms with Gasteiger partial charge in [0.25, 0.3) is 0 Å². The van der Waals surface area contributed by atoms with Crippen molar-refractivity contribution in [1.29, 1.82) is 0 Å². The van der Waals surface area contributed by atoms with Gasteiger partial charge in [0.2, 0.25) is 10.0 Å². The fourth-order valence-corrected chi connectivity index (χ4v) is 4.77. The molecule has 1 aliphatic heterocycles. The first-order valence-corrected chi connectivity index (χ1v) is 9.67. The molecule has 1 N–H and O–H groups in total. The third-order valence-electron chi connectivity index (χ3n) is 4.44. The molecule has 0 bridgehead atoms. The highest BCUT2D eigenvalue weighted by atomic mass is 32.2. The molecule has 1 saturated heterocycles. The Kier molecular flexibility index (Phi) is 6.01. The molecule has 0 amide bonds. The van der Waals surface area contributed by atoms with Crippen LogP contribution in [0.2, 0.25) is 0 Å². The van der Waals surface area contributed by atoms with E-state index < -0.39 is 16.1 Å². The molecular weight excluding hydrogens is 298 g/mol. The van der Waals surface area contributed by atoms with Crippen LogP contribution in [0, 0.1) is 6.92 Å². The Bertz CT molecular complexity index is 568. The van der Waals surface area contributed by atoms with E-state index in [-0.39, 0.29) is 6.04 Å². The van der Waals surface area contributed by atoms with E-state index in [4.69, 9.17) is 0 Å². The topological polar surface area (TPSA) is 57.6 Å². The molecule has 5 heteroatoms. The molecule has 1 heterocycles. The van der Waals surface area contributed by atoms with Gasteiger partial charge in [-0.15, -0.1) is 0 Å². The first-order valence-electron chi connectivity index (χ1n) is 8.23. The molecule has 124 valence electrons. The minimum Gasteiger partial charge on any atom is -0.391 e. The lowest BCUT2D eigenvalue weighted by Gasteiger charge is -2.25. The van der Waals surface area contributed by atoms with Crippen molar-refractivity contribution in [3.05, 3.63) is 29.8 Å². The van der Waals surface area contributed by atoms with Gasteiger partial charge in [-0.1, -0.05) is 50.3 Å². The molecule has 2 atom stereocenters. The Labute approximate surface area is 134 Å². The summed E-state index contributed by atoms with van der Waals surface area (Å²) in [5, 5.41) is 10.2. The number of aliphatic hydroxyl groups excluding tert-OH is 1. The summed E-state index contributed by atoms with van der Waals surface area (Å²) in [7, 11) is -3.51. The molecule has 1 aliphatic rings. The van der Waals surface area contributed by atoms with E-state index in [2.05, 4.69) is 6.92 Å². The van der Waals surface area contributed by atoms with Crippen LogP contribution in [0.5, 0.6) is 0 Å². The number of sulfonamides is 1. The first-order chi connectivity index (χ1) is 10.5. The Morgan fingerprint density at radius 3 is 2.50 bits per heavy atom. The molecule has 0 radical (unpaired) electrons. The minimum atomic E-state index is -3.51. The second kappa shape index (κ2) is 7.57. The Balaban J connectivity index is 2.12. The van der Waals surface area contributed by atoms with E-state index in [9.17, 15) is 13.5 Å². The zero-order valence-electron chi connectivity index (χ0n) is 13.5. The highest BCUT2D eigenvalue weighted by Gasteiger charge is 2.40. The van der Waals surface area contributed by atoms with Gasteiger partial charge in [-0.2, -0.15) is 4.31 Å². The van der Waals surface area contributed by atoms with E-state index in [1.165, 1.54) is 4.31 Å². The molecule has 1 aromatic rings. The molecule has 0 aromatic heterocycles. The van der Waals surface area contributed by atoms with Crippen LogP contribution in [0.25, 0.3) is 0 Å². The second-order valence-electron chi connectivity index (χ2n) is 6.20. The minimum absolute atomic E-state index is 0.275. The average Bonchev–Trinajstić information content (AvgIpc) is 2.86. The maximum absolute atomic E-state index is 12.8. The zero-order chi connectivity index (χ0) is 16.2. The number of benzene rings is 1. The van der Waals surface area contributed by atoms with Crippen LogP contribution in [0.4, 0.5) is 0 Å². The Morgan fingerprint density at radius 2 is 1.86 bits per heavy atom. The SMILES string of the molecule is CCCCCC[C@@H]1[C@@H](O)CCN1S(=O)(=O)c1ccc(C)cc1. The van der Waals surface area contributed by atoms with E-state index in [1.807, 2.05) is 19.1 Å². The maximum Gasteiger partial charge on any atom is 0.243 e. The molecule has 0 aliphatic carbocycles. The van der Waals surface area contributed by atoms with Gasteiger partial charge in [0.1, 0.15) is 0 Å². The van der Waals surface area contributed by atoms with E-state index >= 15 is 0 Å². The van der Waals surface area contributed by atoms with E-state index in [1.54, 1.807) is 12.1 Å². The van der Waals surface area contributed by atoms with Gasteiger partial charge in [0.15, 0.2) is 0 Å². The van der Waals surface area contributed by atoms with Crippen LogP contribution in [0.3, 0.4) is 0 Å². The molecule has 1 aromatic carbocycles. The van der Waals surface area contributed by atoms with Gasteiger partial charge in [0, 0.05) is 6.54 Å². The number of nitrogens with zero attached hydrogens (tertiary/aromatic N) is 1. The summed E-state index contributed by atoms with van der Waals surface area (Å²) in [4.78, 5) is 0.325. The van der Waals surface area contributed by atoms with Gasteiger partial charge >= 0.3 is 0 Å². The predicted octanol–water partition coefficient (Wildman–Crippen LogP) is 3.09. The third kappa shape index (κ3) is 3.89. The highest BCUT2D eigenvalue weighted by Crippen LogP contribution is 2.29. The monoisotopic (exact) mass is 325 g/mol. The van der Waals surface area contributed by atoms with Crippen molar-refractivity contribution in [1.82, 2.24) is 4.31 Å². The van der Waals surface area contributed by atoms with Crippen molar-refractivity contribution in [2.24, 2.45) is 0 Å². The summed E-state index contributed by atoms with van der Waals surface area (Å²) in [6.07, 6.45) is 5.11. The molecule has 4 nitrogen and oxygen atoms in total. The zero-order valence-corrected chi connectivity index (χ0v) is 14.3. The average molecular weight is 325 g/mol. The van der Waals surface area contributed by atoms with Crippen LogP contribution in [-0.2, 0) is 10.0 Å². The van der Waals surface area contributed by atoms with Crippen molar-refractivity contribution >= 4 is 10.0 Å². The summed E-state index contributed by atoms with van der Waals surface area (Å²) >= 11 is 0. The van der Waals surface area contributed by atoms with Crippen molar-refractivity contribution in [2.45, 2.75) is 69.4 Å². The summed E-state index contributed by atoms with van der Waals surface area (Å²) in [5.41, 5.74) is 1.04. The molecule has 0 saturated carbocycles. The first kappa shape index (κ1) is 17.4. The molecule has 0 unspecified atom stereocenters. The quantitative estimate of drug-likeness (QED) is 0.784. The van der Waals surface area contributed by atoms with Gasteiger partial charge < -0.3 is 5.11 Å². The van der Waals surface area contributed by atoms with Crippen LogP contribution in [-0.4, -0.2) is 36.5 Å². The van der Waals surface area contributed by atoms with Gasteiger partial charge in [0.05, 0.1) is 17.0 Å². The van der Waals surface area contributed by atoms with Crippen molar-refractivity contribution in [3.8, 4) is 0 Å².